The Kier molecular flexibility index (Phi) is 5.13. The minimum absolute atomic E-state index is 0.285. The van der Waals surface area contributed by atoms with E-state index in [1.807, 2.05) is 41.2 Å². The van der Waals surface area contributed by atoms with Crippen LogP contribution in [0.3, 0.4) is 0 Å². The second kappa shape index (κ2) is 7.26. The number of rotatable bonds is 6. The predicted octanol–water partition coefficient (Wildman–Crippen LogP) is 0.604. The summed E-state index contributed by atoms with van der Waals surface area (Å²) in [6.45, 7) is 2.59. The van der Waals surface area contributed by atoms with E-state index < -0.39 is 12.1 Å². The summed E-state index contributed by atoms with van der Waals surface area (Å²) < 4.78 is 1.82. The van der Waals surface area contributed by atoms with Gasteiger partial charge in [-0.3, -0.25) is 9.48 Å². The number of primary amides is 1. The molecule has 1 aromatic heterocycles. The number of benzene rings is 1. The monoisotopic (exact) mass is 301 g/mol. The molecule has 1 atom stereocenters. The van der Waals surface area contributed by atoms with Gasteiger partial charge >= 0.3 is 6.03 Å². The van der Waals surface area contributed by atoms with Gasteiger partial charge in [0, 0.05) is 18.9 Å². The Balaban J connectivity index is 1.98. The van der Waals surface area contributed by atoms with Gasteiger partial charge in [-0.2, -0.15) is 5.10 Å². The van der Waals surface area contributed by atoms with E-state index in [4.69, 9.17) is 5.73 Å². The summed E-state index contributed by atoms with van der Waals surface area (Å²) in [6.07, 6.45) is 3.61. The normalized spacial score (nSPS) is 11.7. The fraction of sp³-hybridized carbons (Fsp3) is 0.267. The van der Waals surface area contributed by atoms with Crippen LogP contribution in [0.4, 0.5) is 4.79 Å². The number of carbonyl (C=O) groups excluding carboxylic acids is 2. The number of urea groups is 1. The van der Waals surface area contributed by atoms with Gasteiger partial charge in [-0.15, -0.1) is 0 Å². The van der Waals surface area contributed by atoms with Crippen LogP contribution in [-0.4, -0.2) is 27.8 Å². The molecule has 0 radical (unpaired) electrons. The molecule has 1 aromatic carbocycles. The first-order valence-corrected chi connectivity index (χ1v) is 6.94. The van der Waals surface area contributed by atoms with Crippen LogP contribution in [0.25, 0.3) is 0 Å². The van der Waals surface area contributed by atoms with Gasteiger partial charge in [0.05, 0.1) is 6.54 Å². The molecule has 0 fully saturated rings. The third-order valence-electron chi connectivity index (χ3n) is 3.22. The van der Waals surface area contributed by atoms with Gasteiger partial charge in [-0.05, 0) is 24.1 Å². The summed E-state index contributed by atoms with van der Waals surface area (Å²) in [5, 5.41) is 9.30. The zero-order valence-corrected chi connectivity index (χ0v) is 12.3. The van der Waals surface area contributed by atoms with E-state index in [-0.39, 0.29) is 5.91 Å². The standard InChI is InChI=1S/C15H19N5O2/c1-11(19-15(16)22)14(21)17-9-12-5-2-3-6-13(12)10-20-8-4-7-18-20/h2-8,11H,9-10H2,1H3,(H,17,21)(H3,16,19,22)/t11-/m1/s1. The van der Waals surface area contributed by atoms with Crippen molar-refractivity contribution in [3.63, 3.8) is 0 Å². The van der Waals surface area contributed by atoms with Crippen molar-refractivity contribution in [1.82, 2.24) is 20.4 Å². The Bertz CT molecular complexity index is 639. The van der Waals surface area contributed by atoms with Crippen LogP contribution in [0.5, 0.6) is 0 Å². The van der Waals surface area contributed by atoms with Crippen molar-refractivity contribution >= 4 is 11.9 Å². The highest BCUT2D eigenvalue weighted by Crippen LogP contribution is 2.10. The molecule has 0 aliphatic heterocycles. The zero-order valence-electron chi connectivity index (χ0n) is 12.3. The highest BCUT2D eigenvalue weighted by Gasteiger charge is 2.14. The SMILES string of the molecule is C[C@@H](NC(N)=O)C(=O)NCc1ccccc1Cn1cccn1. The molecule has 7 heteroatoms. The predicted molar refractivity (Wildman–Crippen MR) is 81.8 cm³/mol. The van der Waals surface area contributed by atoms with Crippen LogP contribution in [0, 0.1) is 0 Å². The van der Waals surface area contributed by atoms with Crippen molar-refractivity contribution < 1.29 is 9.59 Å². The largest absolute Gasteiger partial charge is 0.352 e. The quantitative estimate of drug-likeness (QED) is 0.728. The zero-order chi connectivity index (χ0) is 15.9. The van der Waals surface area contributed by atoms with E-state index in [0.29, 0.717) is 13.1 Å². The van der Waals surface area contributed by atoms with Gasteiger partial charge in [-0.25, -0.2) is 4.79 Å². The molecule has 0 unspecified atom stereocenters. The van der Waals surface area contributed by atoms with E-state index >= 15 is 0 Å². The number of aromatic nitrogens is 2. The Labute approximate surface area is 128 Å². The molecule has 0 aliphatic rings. The summed E-state index contributed by atoms with van der Waals surface area (Å²) in [6, 6.07) is 8.28. The van der Waals surface area contributed by atoms with Crippen molar-refractivity contribution in [2.24, 2.45) is 5.73 Å². The molecule has 0 aliphatic carbocycles. The lowest BCUT2D eigenvalue weighted by Gasteiger charge is -2.14. The van der Waals surface area contributed by atoms with Crippen molar-refractivity contribution in [3.8, 4) is 0 Å². The molecule has 2 rings (SSSR count). The summed E-state index contributed by atoms with van der Waals surface area (Å²) in [5.41, 5.74) is 7.07. The average Bonchev–Trinajstić information content (AvgIpc) is 2.98. The van der Waals surface area contributed by atoms with E-state index in [1.165, 1.54) is 0 Å². The third-order valence-corrected chi connectivity index (χ3v) is 3.22. The summed E-state index contributed by atoms with van der Waals surface area (Å²) in [4.78, 5) is 22.6. The summed E-state index contributed by atoms with van der Waals surface area (Å²) in [7, 11) is 0. The molecule has 0 spiro atoms. The second-order valence-corrected chi connectivity index (χ2v) is 4.92. The minimum atomic E-state index is -0.721. The molecule has 2 aromatic rings. The molecule has 0 bridgehead atoms. The lowest BCUT2D eigenvalue weighted by atomic mass is 10.1. The Morgan fingerprint density at radius 1 is 1.27 bits per heavy atom. The number of nitrogens with two attached hydrogens (primary N) is 1. The third kappa shape index (κ3) is 4.34. The minimum Gasteiger partial charge on any atom is -0.352 e. The van der Waals surface area contributed by atoms with Gasteiger partial charge in [0.15, 0.2) is 0 Å². The Morgan fingerprint density at radius 3 is 2.64 bits per heavy atom. The number of hydrogen-bond acceptors (Lipinski definition) is 3. The first-order chi connectivity index (χ1) is 10.6. The van der Waals surface area contributed by atoms with Crippen LogP contribution in [0.2, 0.25) is 0 Å². The topological polar surface area (TPSA) is 102 Å². The lowest BCUT2D eigenvalue weighted by Crippen LogP contribution is -2.46. The molecule has 7 nitrogen and oxygen atoms in total. The number of hydrogen-bond donors (Lipinski definition) is 3. The highest BCUT2D eigenvalue weighted by atomic mass is 16.2. The van der Waals surface area contributed by atoms with Crippen molar-refractivity contribution in [2.45, 2.75) is 26.1 Å². The van der Waals surface area contributed by atoms with Crippen LogP contribution < -0.4 is 16.4 Å². The first-order valence-electron chi connectivity index (χ1n) is 6.94. The number of nitrogens with one attached hydrogen (secondary N) is 2. The van der Waals surface area contributed by atoms with Crippen LogP contribution >= 0.6 is 0 Å². The molecular formula is C15H19N5O2. The maximum Gasteiger partial charge on any atom is 0.312 e. The van der Waals surface area contributed by atoms with Crippen LogP contribution in [-0.2, 0) is 17.9 Å². The van der Waals surface area contributed by atoms with Gasteiger partial charge in [-0.1, -0.05) is 24.3 Å². The van der Waals surface area contributed by atoms with Crippen molar-refractivity contribution in [2.75, 3.05) is 0 Å². The molecule has 4 N–H and O–H groups in total. The molecular weight excluding hydrogens is 282 g/mol. The maximum atomic E-state index is 11.9. The first kappa shape index (κ1) is 15.6. The van der Waals surface area contributed by atoms with E-state index in [1.54, 1.807) is 13.1 Å². The van der Waals surface area contributed by atoms with Crippen LogP contribution in [0.15, 0.2) is 42.7 Å². The van der Waals surface area contributed by atoms with Crippen LogP contribution in [0.1, 0.15) is 18.1 Å². The Hall–Kier alpha value is -2.83. The molecule has 116 valence electrons. The number of nitrogens with zero attached hydrogens (tertiary/aromatic N) is 2. The average molecular weight is 301 g/mol. The summed E-state index contributed by atoms with van der Waals surface area (Å²) in [5.74, 6) is -0.285. The van der Waals surface area contributed by atoms with E-state index in [9.17, 15) is 9.59 Å². The molecule has 1 heterocycles. The number of carbonyl (C=O) groups is 2. The Morgan fingerprint density at radius 2 is 2.00 bits per heavy atom. The molecule has 3 amide bonds. The molecule has 22 heavy (non-hydrogen) atoms. The maximum absolute atomic E-state index is 11.9. The fourth-order valence-electron chi connectivity index (χ4n) is 2.07. The van der Waals surface area contributed by atoms with Crippen molar-refractivity contribution in [1.29, 1.82) is 0 Å². The van der Waals surface area contributed by atoms with E-state index in [0.717, 1.165) is 11.1 Å². The smallest absolute Gasteiger partial charge is 0.312 e. The van der Waals surface area contributed by atoms with Gasteiger partial charge in [0.1, 0.15) is 6.04 Å². The number of amides is 3. The van der Waals surface area contributed by atoms with Crippen molar-refractivity contribution in [3.05, 3.63) is 53.9 Å². The van der Waals surface area contributed by atoms with Gasteiger partial charge in [0.25, 0.3) is 0 Å². The van der Waals surface area contributed by atoms with Gasteiger partial charge in [0.2, 0.25) is 5.91 Å². The lowest BCUT2D eigenvalue weighted by molar-refractivity contribution is -0.122. The second-order valence-electron chi connectivity index (χ2n) is 4.92. The van der Waals surface area contributed by atoms with E-state index in [2.05, 4.69) is 15.7 Å². The summed E-state index contributed by atoms with van der Waals surface area (Å²) >= 11 is 0. The molecule has 0 saturated heterocycles. The fourth-order valence-corrected chi connectivity index (χ4v) is 2.07. The highest BCUT2D eigenvalue weighted by molar-refractivity contribution is 5.86. The molecule has 0 saturated carbocycles. The van der Waals surface area contributed by atoms with Gasteiger partial charge < -0.3 is 16.4 Å².